The minimum absolute atomic E-state index is 0.102. The highest BCUT2D eigenvalue weighted by Gasteiger charge is 2.32. The molecule has 0 spiro atoms. The van der Waals surface area contributed by atoms with Gasteiger partial charge in [0.1, 0.15) is 16.7 Å². The summed E-state index contributed by atoms with van der Waals surface area (Å²) in [6, 6.07) is 4.30. The van der Waals surface area contributed by atoms with Crippen molar-refractivity contribution >= 4 is 10.0 Å². The Morgan fingerprint density at radius 3 is 2.42 bits per heavy atom. The number of nitrogens with one attached hydrogen (secondary N) is 1. The van der Waals surface area contributed by atoms with Crippen molar-refractivity contribution in [2.24, 2.45) is 0 Å². The lowest BCUT2D eigenvalue weighted by atomic mass is 10.0. The Kier molecular flexibility index (Phi) is 4.97. The molecular weight excluding hydrogens is 270 g/mol. The molecule has 0 aliphatic heterocycles. The Balaban J connectivity index is 3.07. The minimum atomic E-state index is -3.92. The molecule has 8 heteroatoms. The highest BCUT2D eigenvalue weighted by molar-refractivity contribution is 7.89. The number of aliphatic hydroxyl groups is 2. The predicted molar refractivity (Wildman–Crippen MR) is 66.5 cm³/mol. The first-order valence-electron chi connectivity index (χ1n) is 5.55. The van der Waals surface area contributed by atoms with E-state index >= 15 is 0 Å². The van der Waals surface area contributed by atoms with E-state index in [1.165, 1.54) is 12.1 Å². The van der Waals surface area contributed by atoms with E-state index < -0.39 is 28.8 Å². The average molecular weight is 285 g/mol. The zero-order valence-electron chi connectivity index (χ0n) is 10.4. The lowest BCUT2D eigenvalue weighted by Crippen LogP contribution is -2.53. The summed E-state index contributed by atoms with van der Waals surface area (Å²) >= 11 is 0. The van der Waals surface area contributed by atoms with E-state index in [9.17, 15) is 18.6 Å². The highest BCUT2D eigenvalue weighted by Crippen LogP contribution is 2.15. The Hall–Kier alpha value is -1.53. The number of pyridine rings is 1. The first-order valence-corrected chi connectivity index (χ1v) is 7.03. The fourth-order valence-corrected chi connectivity index (χ4v) is 2.76. The number of aliphatic hydroxyl groups excluding tert-OH is 2. The van der Waals surface area contributed by atoms with Gasteiger partial charge in [-0.15, -0.1) is 0 Å². The third-order valence-electron chi connectivity index (χ3n) is 2.79. The molecule has 3 N–H and O–H groups in total. The summed E-state index contributed by atoms with van der Waals surface area (Å²) in [5.74, 6) is 0. The molecule has 0 saturated heterocycles. The third-order valence-corrected chi connectivity index (χ3v) is 4.36. The molecule has 0 fully saturated rings. The van der Waals surface area contributed by atoms with Gasteiger partial charge in [0.15, 0.2) is 0 Å². The number of nitriles is 1. The summed E-state index contributed by atoms with van der Waals surface area (Å²) in [7, 11) is -3.92. The highest BCUT2D eigenvalue weighted by atomic mass is 32.2. The molecule has 0 aromatic carbocycles. The fourth-order valence-electron chi connectivity index (χ4n) is 1.36. The molecule has 7 nitrogen and oxygen atoms in total. The Bertz CT molecular complexity index is 550. The molecular formula is C11H15N3O4S. The molecule has 1 rings (SSSR count). The van der Waals surface area contributed by atoms with E-state index in [1.54, 1.807) is 13.0 Å². The van der Waals surface area contributed by atoms with Gasteiger partial charge in [0.25, 0.3) is 0 Å². The molecule has 0 unspecified atom stereocenters. The average Bonchev–Trinajstić information content (AvgIpc) is 2.45. The van der Waals surface area contributed by atoms with Crippen LogP contribution in [0.1, 0.15) is 19.0 Å². The van der Waals surface area contributed by atoms with Crippen LogP contribution in [0.4, 0.5) is 0 Å². The molecule has 0 bridgehead atoms. The summed E-state index contributed by atoms with van der Waals surface area (Å²) in [5, 5.41) is 27.0. The molecule has 1 aromatic rings. The standard InChI is InChI=1S/C11H15N3O4S/c1-2-11(7-15,8-16)14-19(17,18)10-4-3-9(5-12)13-6-10/h3-4,6,14-16H,2,7-8H2,1H3. The zero-order chi connectivity index (χ0) is 14.5. The van der Waals surface area contributed by atoms with Crippen LogP contribution in [0.2, 0.25) is 0 Å². The summed E-state index contributed by atoms with van der Waals surface area (Å²) in [5.41, 5.74) is -1.21. The van der Waals surface area contributed by atoms with Crippen molar-refractivity contribution in [2.75, 3.05) is 13.2 Å². The SMILES string of the molecule is CCC(CO)(CO)NS(=O)(=O)c1ccc(C#N)nc1. The van der Waals surface area contributed by atoms with Crippen LogP contribution in [0.5, 0.6) is 0 Å². The van der Waals surface area contributed by atoms with Gasteiger partial charge in [0, 0.05) is 6.20 Å². The van der Waals surface area contributed by atoms with Gasteiger partial charge in [-0.1, -0.05) is 6.92 Å². The molecule has 0 atom stereocenters. The quantitative estimate of drug-likeness (QED) is 0.639. The van der Waals surface area contributed by atoms with Crippen molar-refractivity contribution in [3.63, 3.8) is 0 Å². The van der Waals surface area contributed by atoms with Gasteiger partial charge in [0.2, 0.25) is 10.0 Å². The first-order chi connectivity index (χ1) is 8.93. The number of hydrogen-bond acceptors (Lipinski definition) is 6. The van der Waals surface area contributed by atoms with Crippen LogP contribution in [0, 0.1) is 11.3 Å². The maximum atomic E-state index is 12.1. The van der Waals surface area contributed by atoms with Crippen LogP contribution in [0.25, 0.3) is 0 Å². The van der Waals surface area contributed by atoms with Gasteiger partial charge in [-0.05, 0) is 18.6 Å². The van der Waals surface area contributed by atoms with Crippen LogP contribution >= 0.6 is 0 Å². The summed E-state index contributed by atoms with van der Waals surface area (Å²) in [4.78, 5) is 3.53. The molecule has 0 aliphatic rings. The first kappa shape index (κ1) is 15.5. The van der Waals surface area contributed by atoms with Gasteiger partial charge >= 0.3 is 0 Å². The normalized spacial score (nSPS) is 12.1. The Labute approximate surface area is 111 Å². The van der Waals surface area contributed by atoms with E-state index in [0.717, 1.165) is 6.20 Å². The predicted octanol–water partition coefficient (Wildman–Crippen LogP) is -0.635. The largest absolute Gasteiger partial charge is 0.394 e. The topological polar surface area (TPSA) is 123 Å². The maximum Gasteiger partial charge on any atom is 0.242 e. The van der Waals surface area contributed by atoms with Gasteiger partial charge in [-0.25, -0.2) is 18.1 Å². The minimum Gasteiger partial charge on any atom is -0.394 e. The van der Waals surface area contributed by atoms with Crippen LogP contribution in [0.15, 0.2) is 23.2 Å². The third kappa shape index (κ3) is 3.48. The summed E-state index contributed by atoms with van der Waals surface area (Å²) in [6.07, 6.45) is 1.28. The van der Waals surface area contributed by atoms with Gasteiger partial charge in [0.05, 0.1) is 18.8 Å². The molecule has 1 aromatic heterocycles. The number of aromatic nitrogens is 1. The molecule has 104 valence electrons. The summed E-state index contributed by atoms with van der Waals surface area (Å²) in [6.45, 7) is 0.595. The maximum absolute atomic E-state index is 12.1. The monoisotopic (exact) mass is 285 g/mol. The van der Waals surface area contributed by atoms with E-state index in [4.69, 9.17) is 5.26 Å². The second-order valence-electron chi connectivity index (χ2n) is 4.05. The smallest absolute Gasteiger partial charge is 0.242 e. The van der Waals surface area contributed by atoms with E-state index in [0.29, 0.717) is 0 Å². The van der Waals surface area contributed by atoms with Crippen molar-refractivity contribution in [1.29, 1.82) is 5.26 Å². The fraction of sp³-hybridized carbons (Fsp3) is 0.455. The molecule has 0 saturated carbocycles. The van der Waals surface area contributed by atoms with Crippen molar-refractivity contribution in [2.45, 2.75) is 23.8 Å². The Morgan fingerprint density at radius 1 is 1.42 bits per heavy atom. The second-order valence-corrected chi connectivity index (χ2v) is 5.73. The van der Waals surface area contributed by atoms with Crippen molar-refractivity contribution < 1.29 is 18.6 Å². The number of sulfonamides is 1. The van der Waals surface area contributed by atoms with Crippen LogP contribution in [-0.2, 0) is 10.0 Å². The van der Waals surface area contributed by atoms with E-state index in [2.05, 4.69) is 9.71 Å². The van der Waals surface area contributed by atoms with Crippen molar-refractivity contribution in [3.05, 3.63) is 24.0 Å². The molecule has 0 aliphatic carbocycles. The second kappa shape index (κ2) is 6.08. The van der Waals surface area contributed by atoms with E-state index in [1.807, 2.05) is 0 Å². The van der Waals surface area contributed by atoms with Crippen molar-refractivity contribution in [3.8, 4) is 6.07 Å². The van der Waals surface area contributed by atoms with Gasteiger partial charge in [-0.3, -0.25) is 0 Å². The van der Waals surface area contributed by atoms with Crippen LogP contribution < -0.4 is 4.72 Å². The lowest BCUT2D eigenvalue weighted by molar-refractivity contribution is 0.105. The molecule has 0 radical (unpaired) electrons. The number of nitrogens with zero attached hydrogens (tertiary/aromatic N) is 2. The number of rotatable bonds is 6. The van der Waals surface area contributed by atoms with Gasteiger partial charge in [-0.2, -0.15) is 5.26 Å². The molecule has 1 heterocycles. The van der Waals surface area contributed by atoms with E-state index in [-0.39, 0.29) is 17.0 Å². The van der Waals surface area contributed by atoms with Crippen molar-refractivity contribution in [1.82, 2.24) is 9.71 Å². The summed E-state index contributed by atoms with van der Waals surface area (Å²) < 4.78 is 26.4. The zero-order valence-corrected chi connectivity index (χ0v) is 11.2. The van der Waals surface area contributed by atoms with Gasteiger partial charge < -0.3 is 10.2 Å². The number of hydrogen-bond donors (Lipinski definition) is 3. The van der Waals surface area contributed by atoms with Crippen LogP contribution in [-0.4, -0.2) is 42.4 Å². The van der Waals surface area contributed by atoms with Crippen LogP contribution in [0.3, 0.4) is 0 Å². The molecule has 19 heavy (non-hydrogen) atoms. The molecule has 0 amide bonds. The lowest BCUT2D eigenvalue weighted by Gasteiger charge is -2.29. The Morgan fingerprint density at radius 2 is 2.05 bits per heavy atom.